The molecule has 2 aliphatic rings. The van der Waals surface area contributed by atoms with Crippen molar-refractivity contribution in [1.82, 2.24) is 5.32 Å². The number of hydrogen-bond acceptors (Lipinski definition) is 2. The van der Waals surface area contributed by atoms with Crippen LogP contribution < -0.4 is 11.1 Å². The predicted molar refractivity (Wildman–Crippen MR) is 87.5 cm³/mol. The maximum absolute atomic E-state index is 14.3. The van der Waals surface area contributed by atoms with Gasteiger partial charge in [0.2, 0.25) is 0 Å². The number of halogens is 4. The Hall–Kier alpha value is -1.27. The fraction of sp³-hybridized carbons (Fsp3) is 0.588. The quantitative estimate of drug-likeness (QED) is 0.866. The van der Waals surface area contributed by atoms with E-state index in [1.54, 1.807) is 0 Å². The topological polar surface area (TPSA) is 55.1 Å². The van der Waals surface area contributed by atoms with Crippen LogP contribution in [0, 0.1) is 17.7 Å². The van der Waals surface area contributed by atoms with Crippen molar-refractivity contribution in [3.05, 3.63) is 35.6 Å². The molecule has 0 saturated heterocycles. The highest BCUT2D eigenvalue weighted by Crippen LogP contribution is 2.40. The van der Waals surface area contributed by atoms with Crippen molar-refractivity contribution in [2.75, 3.05) is 0 Å². The first-order valence-corrected chi connectivity index (χ1v) is 8.08. The van der Waals surface area contributed by atoms with E-state index < -0.39 is 23.2 Å². The smallest absolute Gasteiger partial charge is 0.347 e. The third-order valence-corrected chi connectivity index (χ3v) is 5.17. The van der Waals surface area contributed by atoms with Crippen molar-refractivity contribution in [3.8, 4) is 0 Å². The number of benzene rings is 1. The third kappa shape index (κ3) is 3.70. The molecule has 0 spiro atoms. The number of carbonyl (C=O) groups is 1. The number of hydrogen-bond donors (Lipinski definition) is 2. The van der Waals surface area contributed by atoms with E-state index in [1.165, 1.54) is 0 Å². The zero-order valence-corrected chi connectivity index (χ0v) is 14.0. The molecule has 2 saturated carbocycles. The van der Waals surface area contributed by atoms with E-state index in [-0.39, 0.29) is 36.3 Å². The van der Waals surface area contributed by atoms with Crippen LogP contribution in [0.3, 0.4) is 0 Å². The molecule has 3 rings (SSSR count). The van der Waals surface area contributed by atoms with Crippen LogP contribution in [0.4, 0.5) is 13.2 Å². The van der Waals surface area contributed by atoms with Gasteiger partial charge < -0.3 is 11.1 Å². The van der Waals surface area contributed by atoms with Crippen molar-refractivity contribution in [2.45, 2.75) is 50.1 Å². The number of nitrogens with two attached hydrogens (primary N) is 1. The van der Waals surface area contributed by atoms with Gasteiger partial charge in [-0.15, -0.1) is 12.4 Å². The molecule has 1 aromatic carbocycles. The molecule has 3 N–H and O–H groups in total. The molecule has 2 atom stereocenters. The predicted octanol–water partition coefficient (Wildman–Crippen LogP) is 3.36. The van der Waals surface area contributed by atoms with Crippen molar-refractivity contribution in [3.63, 3.8) is 0 Å². The average molecular weight is 363 g/mol. The Morgan fingerprint density at radius 3 is 2.21 bits per heavy atom. The minimum absolute atomic E-state index is 0. The van der Waals surface area contributed by atoms with E-state index in [2.05, 4.69) is 5.32 Å². The summed E-state index contributed by atoms with van der Waals surface area (Å²) in [4.78, 5) is 12.1. The van der Waals surface area contributed by atoms with Gasteiger partial charge in [-0.2, -0.15) is 8.78 Å². The molecule has 0 aliphatic heterocycles. The first kappa shape index (κ1) is 19.1. The lowest BCUT2D eigenvalue weighted by molar-refractivity contribution is -0.149. The number of nitrogens with one attached hydrogen (secondary N) is 1. The molecule has 2 aliphatic carbocycles. The van der Waals surface area contributed by atoms with Gasteiger partial charge in [-0.25, -0.2) is 4.39 Å². The van der Waals surface area contributed by atoms with Gasteiger partial charge in [0.1, 0.15) is 5.82 Å². The SMILES string of the molecule is Cl.NC1CC2CCCC(C1)C2NC(=O)C(F)(F)c1ccc(F)cc1. The third-order valence-electron chi connectivity index (χ3n) is 5.17. The number of fused-ring (bicyclic) bond motifs is 2. The van der Waals surface area contributed by atoms with Crippen LogP contribution in [-0.2, 0) is 10.7 Å². The maximum Gasteiger partial charge on any atom is 0.349 e. The first-order chi connectivity index (χ1) is 10.9. The Kier molecular flexibility index (Phi) is 5.81. The summed E-state index contributed by atoms with van der Waals surface area (Å²) in [5.74, 6) is -5.24. The van der Waals surface area contributed by atoms with Gasteiger partial charge in [-0.05, 0) is 61.8 Å². The minimum Gasteiger partial charge on any atom is -0.347 e. The van der Waals surface area contributed by atoms with E-state index in [4.69, 9.17) is 5.73 Å². The zero-order chi connectivity index (χ0) is 16.6. The van der Waals surface area contributed by atoms with Gasteiger partial charge in [0.05, 0.1) is 0 Å². The molecule has 2 unspecified atom stereocenters. The van der Waals surface area contributed by atoms with Crippen LogP contribution in [0.25, 0.3) is 0 Å². The Labute approximate surface area is 145 Å². The second-order valence-corrected chi connectivity index (χ2v) is 6.76. The molecule has 1 aromatic rings. The van der Waals surface area contributed by atoms with Gasteiger partial charge in [0, 0.05) is 17.6 Å². The van der Waals surface area contributed by atoms with Gasteiger partial charge in [0.25, 0.3) is 5.91 Å². The van der Waals surface area contributed by atoms with Crippen LogP contribution >= 0.6 is 12.4 Å². The fourth-order valence-electron chi connectivity index (χ4n) is 4.06. The maximum atomic E-state index is 14.3. The highest BCUT2D eigenvalue weighted by Gasteiger charge is 2.46. The molecular weight excluding hydrogens is 341 g/mol. The van der Waals surface area contributed by atoms with Crippen molar-refractivity contribution < 1.29 is 18.0 Å². The zero-order valence-electron chi connectivity index (χ0n) is 13.2. The molecule has 134 valence electrons. The highest BCUT2D eigenvalue weighted by molar-refractivity contribution is 5.85. The summed E-state index contributed by atoms with van der Waals surface area (Å²) in [5.41, 5.74) is 5.52. The summed E-state index contributed by atoms with van der Waals surface area (Å²) >= 11 is 0. The summed E-state index contributed by atoms with van der Waals surface area (Å²) in [6, 6.07) is 3.63. The van der Waals surface area contributed by atoms with Crippen LogP contribution in [0.1, 0.15) is 37.7 Å². The molecule has 0 radical (unpaired) electrons. The molecule has 2 bridgehead atoms. The van der Waals surface area contributed by atoms with E-state index in [0.717, 1.165) is 56.4 Å². The first-order valence-electron chi connectivity index (χ1n) is 8.08. The monoisotopic (exact) mass is 362 g/mol. The summed E-state index contributed by atoms with van der Waals surface area (Å²) in [7, 11) is 0. The number of alkyl halides is 2. The van der Waals surface area contributed by atoms with E-state index in [0.29, 0.717) is 0 Å². The Bertz CT molecular complexity index is 568. The molecule has 3 nitrogen and oxygen atoms in total. The standard InChI is InChI=1S/C17H21F3N2O.ClH/c18-13-6-4-12(5-7-13)17(19,20)16(23)22-15-10-2-1-3-11(15)9-14(21)8-10;/h4-7,10-11,14-15H,1-3,8-9,21H2,(H,22,23);1H. The van der Waals surface area contributed by atoms with Crippen molar-refractivity contribution >= 4 is 18.3 Å². The van der Waals surface area contributed by atoms with E-state index in [9.17, 15) is 18.0 Å². The lowest BCUT2D eigenvalue weighted by atomic mass is 9.67. The second-order valence-electron chi connectivity index (χ2n) is 6.76. The Morgan fingerprint density at radius 2 is 1.67 bits per heavy atom. The number of amides is 1. The highest BCUT2D eigenvalue weighted by atomic mass is 35.5. The van der Waals surface area contributed by atoms with Gasteiger partial charge in [-0.3, -0.25) is 4.79 Å². The van der Waals surface area contributed by atoms with Gasteiger partial charge >= 0.3 is 5.92 Å². The fourth-order valence-corrected chi connectivity index (χ4v) is 4.06. The van der Waals surface area contributed by atoms with Crippen molar-refractivity contribution in [1.29, 1.82) is 0 Å². The van der Waals surface area contributed by atoms with E-state index >= 15 is 0 Å². The number of carbonyl (C=O) groups excluding carboxylic acids is 1. The summed E-state index contributed by atoms with van der Waals surface area (Å²) < 4.78 is 41.5. The van der Waals surface area contributed by atoms with Gasteiger partial charge in [-0.1, -0.05) is 6.42 Å². The molecule has 2 fully saturated rings. The largest absolute Gasteiger partial charge is 0.349 e. The lowest BCUT2D eigenvalue weighted by Crippen LogP contribution is -2.56. The summed E-state index contributed by atoms with van der Waals surface area (Å²) in [6.07, 6.45) is 4.42. The lowest BCUT2D eigenvalue weighted by Gasteiger charge is -2.45. The van der Waals surface area contributed by atoms with Crippen LogP contribution in [0.15, 0.2) is 24.3 Å². The van der Waals surface area contributed by atoms with E-state index in [1.807, 2.05) is 0 Å². The normalized spacial score (nSPS) is 29.5. The molecule has 7 heteroatoms. The molecule has 24 heavy (non-hydrogen) atoms. The average Bonchev–Trinajstić information content (AvgIpc) is 2.48. The van der Waals surface area contributed by atoms with Gasteiger partial charge in [0.15, 0.2) is 0 Å². The second kappa shape index (κ2) is 7.31. The van der Waals surface area contributed by atoms with Crippen LogP contribution in [0.2, 0.25) is 0 Å². The molecule has 0 aromatic heterocycles. The van der Waals surface area contributed by atoms with Crippen LogP contribution in [-0.4, -0.2) is 18.0 Å². The van der Waals surface area contributed by atoms with Crippen molar-refractivity contribution in [2.24, 2.45) is 17.6 Å². The minimum atomic E-state index is -3.67. The number of rotatable bonds is 3. The Morgan fingerprint density at radius 1 is 1.12 bits per heavy atom. The Balaban J connectivity index is 0.00000208. The molecule has 1 amide bonds. The summed E-state index contributed by atoms with van der Waals surface area (Å²) in [5, 5.41) is 2.56. The van der Waals surface area contributed by atoms with Crippen LogP contribution in [0.5, 0.6) is 0 Å². The molecular formula is C17H22ClF3N2O. The summed E-state index contributed by atoms with van der Waals surface area (Å²) in [6.45, 7) is 0. The molecule has 0 heterocycles.